The maximum atomic E-state index is 5.68. The van der Waals surface area contributed by atoms with E-state index in [2.05, 4.69) is 12.6 Å². The Bertz CT molecular complexity index is 147. The van der Waals surface area contributed by atoms with Gasteiger partial charge in [-0.2, -0.15) is 12.6 Å². The van der Waals surface area contributed by atoms with Crippen molar-refractivity contribution >= 4 is 12.6 Å². The molecule has 0 saturated carbocycles. The van der Waals surface area contributed by atoms with Gasteiger partial charge < -0.3 is 9.47 Å². The van der Waals surface area contributed by atoms with E-state index in [-0.39, 0.29) is 6.29 Å². The average molecular weight is 246 g/mol. The summed E-state index contributed by atoms with van der Waals surface area (Å²) in [6.07, 6.45) is 11.4. The van der Waals surface area contributed by atoms with Gasteiger partial charge in [-0.15, -0.1) is 0 Å². The molecule has 0 aromatic rings. The number of thiol groups is 1. The number of hydrogen-bond donors (Lipinski definition) is 1. The van der Waals surface area contributed by atoms with Crippen LogP contribution in [0.5, 0.6) is 0 Å². The van der Waals surface area contributed by atoms with Gasteiger partial charge in [-0.1, -0.05) is 25.7 Å². The van der Waals surface area contributed by atoms with Crippen LogP contribution in [0.2, 0.25) is 0 Å². The van der Waals surface area contributed by atoms with Crippen molar-refractivity contribution in [2.75, 3.05) is 19.0 Å². The summed E-state index contributed by atoms with van der Waals surface area (Å²) in [4.78, 5) is 0. The van der Waals surface area contributed by atoms with Crippen LogP contribution in [-0.4, -0.2) is 25.3 Å². The third-order valence-corrected chi connectivity index (χ3v) is 3.31. The van der Waals surface area contributed by atoms with Gasteiger partial charge in [-0.25, -0.2) is 0 Å². The van der Waals surface area contributed by atoms with E-state index in [1.54, 1.807) is 0 Å². The molecular formula is C13H26O2S. The normalized spacial score (nSPS) is 21.2. The zero-order valence-corrected chi connectivity index (χ0v) is 11.2. The van der Waals surface area contributed by atoms with Crippen LogP contribution in [0.3, 0.4) is 0 Å². The van der Waals surface area contributed by atoms with Crippen molar-refractivity contribution in [3.8, 4) is 0 Å². The molecule has 1 atom stereocenters. The maximum absolute atomic E-state index is 5.68. The van der Waals surface area contributed by atoms with E-state index in [0.29, 0.717) is 0 Å². The predicted molar refractivity (Wildman–Crippen MR) is 71.1 cm³/mol. The van der Waals surface area contributed by atoms with Crippen molar-refractivity contribution in [1.29, 1.82) is 0 Å². The second kappa shape index (κ2) is 10.4. The van der Waals surface area contributed by atoms with E-state index in [4.69, 9.17) is 9.47 Å². The standard InChI is InChI=1S/C13H26O2S/c16-12-8-4-2-1-3-6-10-14-13-9-5-7-11-15-13/h13,16H,1-12H2. The molecule has 0 aromatic carbocycles. The zero-order valence-electron chi connectivity index (χ0n) is 10.3. The van der Waals surface area contributed by atoms with E-state index >= 15 is 0 Å². The van der Waals surface area contributed by atoms with Gasteiger partial charge in [0.15, 0.2) is 6.29 Å². The van der Waals surface area contributed by atoms with Crippen LogP contribution in [0.1, 0.15) is 57.8 Å². The third-order valence-electron chi connectivity index (χ3n) is 2.99. The maximum Gasteiger partial charge on any atom is 0.157 e. The van der Waals surface area contributed by atoms with Crippen LogP contribution in [0.15, 0.2) is 0 Å². The Labute approximate surface area is 105 Å². The fraction of sp³-hybridized carbons (Fsp3) is 1.00. The van der Waals surface area contributed by atoms with Gasteiger partial charge in [0.25, 0.3) is 0 Å². The van der Waals surface area contributed by atoms with E-state index in [9.17, 15) is 0 Å². The lowest BCUT2D eigenvalue weighted by Gasteiger charge is -2.22. The topological polar surface area (TPSA) is 18.5 Å². The highest BCUT2D eigenvalue weighted by Crippen LogP contribution is 2.14. The molecule has 3 heteroatoms. The van der Waals surface area contributed by atoms with Gasteiger partial charge in [-0.3, -0.25) is 0 Å². The number of hydrogen-bond acceptors (Lipinski definition) is 3. The Morgan fingerprint density at radius 3 is 2.44 bits per heavy atom. The molecule has 2 nitrogen and oxygen atoms in total. The van der Waals surface area contributed by atoms with E-state index < -0.39 is 0 Å². The van der Waals surface area contributed by atoms with Crippen LogP contribution in [-0.2, 0) is 9.47 Å². The summed E-state index contributed by atoms with van der Waals surface area (Å²) in [5, 5.41) is 0. The number of unbranched alkanes of at least 4 members (excludes halogenated alkanes) is 5. The second-order valence-electron chi connectivity index (χ2n) is 4.51. The third kappa shape index (κ3) is 7.53. The molecule has 1 saturated heterocycles. The lowest BCUT2D eigenvalue weighted by Crippen LogP contribution is -2.22. The van der Waals surface area contributed by atoms with Gasteiger partial charge in [0, 0.05) is 13.2 Å². The highest BCUT2D eigenvalue weighted by molar-refractivity contribution is 7.80. The van der Waals surface area contributed by atoms with E-state index in [1.165, 1.54) is 51.4 Å². The van der Waals surface area contributed by atoms with Crippen molar-refractivity contribution in [1.82, 2.24) is 0 Å². The zero-order chi connectivity index (χ0) is 11.5. The predicted octanol–water partition coefficient (Wildman–Crippen LogP) is 3.80. The summed E-state index contributed by atoms with van der Waals surface area (Å²) in [6.45, 7) is 1.76. The van der Waals surface area contributed by atoms with E-state index in [1.807, 2.05) is 0 Å². The minimum atomic E-state index is 0.0953. The fourth-order valence-corrected chi connectivity index (χ4v) is 2.20. The van der Waals surface area contributed by atoms with Crippen LogP contribution >= 0.6 is 12.6 Å². The molecule has 0 aliphatic carbocycles. The Balaban J connectivity index is 1.77. The summed E-state index contributed by atoms with van der Waals surface area (Å²) < 4.78 is 11.2. The molecule has 16 heavy (non-hydrogen) atoms. The highest BCUT2D eigenvalue weighted by atomic mass is 32.1. The quantitative estimate of drug-likeness (QED) is 0.493. The van der Waals surface area contributed by atoms with Gasteiger partial charge in [0.05, 0.1) is 0 Å². The van der Waals surface area contributed by atoms with Crippen molar-refractivity contribution in [2.24, 2.45) is 0 Å². The molecule has 1 heterocycles. The Morgan fingerprint density at radius 1 is 1.00 bits per heavy atom. The first-order valence-electron chi connectivity index (χ1n) is 6.77. The fourth-order valence-electron chi connectivity index (χ4n) is 1.98. The lowest BCUT2D eigenvalue weighted by atomic mass is 10.1. The van der Waals surface area contributed by atoms with Crippen LogP contribution in [0, 0.1) is 0 Å². The SMILES string of the molecule is SCCCCCCCCOC1CCCCO1. The van der Waals surface area contributed by atoms with Gasteiger partial charge in [0.2, 0.25) is 0 Å². The Morgan fingerprint density at radius 2 is 1.75 bits per heavy atom. The molecule has 0 radical (unpaired) electrons. The molecule has 96 valence electrons. The molecule has 1 unspecified atom stereocenters. The smallest absolute Gasteiger partial charge is 0.157 e. The first kappa shape index (κ1) is 14.3. The van der Waals surface area contributed by atoms with Crippen LogP contribution in [0.4, 0.5) is 0 Å². The van der Waals surface area contributed by atoms with Crippen molar-refractivity contribution in [2.45, 2.75) is 64.1 Å². The Hall–Kier alpha value is 0.270. The minimum Gasteiger partial charge on any atom is -0.353 e. The van der Waals surface area contributed by atoms with Crippen LogP contribution < -0.4 is 0 Å². The molecular weight excluding hydrogens is 220 g/mol. The van der Waals surface area contributed by atoms with Crippen molar-refractivity contribution in [3.63, 3.8) is 0 Å². The lowest BCUT2D eigenvalue weighted by molar-refractivity contribution is -0.162. The summed E-state index contributed by atoms with van der Waals surface area (Å²) in [5.41, 5.74) is 0. The molecule has 1 fully saturated rings. The first-order valence-corrected chi connectivity index (χ1v) is 7.41. The van der Waals surface area contributed by atoms with Crippen molar-refractivity contribution < 1.29 is 9.47 Å². The van der Waals surface area contributed by atoms with Crippen molar-refractivity contribution in [3.05, 3.63) is 0 Å². The molecule has 0 spiro atoms. The van der Waals surface area contributed by atoms with Gasteiger partial charge >= 0.3 is 0 Å². The molecule has 0 bridgehead atoms. The van der Waals surface area contributed by atoms with Crippen LogP contribution in [0.25, 0.3) is 0 Å². The second-order valence-corrected chi connectivity index (χ2v) is 4.96. The molecule has 1 aliphatic heterocycles. The largest absolute Gasteiger partial charge is 0.353 e. The molecule has 0 amide bonds. The monoisotopic (exact) mass is 246 g/mol. The molecule has 0 aromatic heterocycles. The minimum absolute atomic E-state index is 0.0953. The highest BCUT2D eigenvalue weighted by Gasteiger charge is 2.12. The summed E-state index contributed by atoms with van der Waals surface area (Å²) >= 11 is 4.20. The summed E-state index contributed by atoms with van der Waals surface area (Å²) in [6, 6.07) is 0. The Kier molecular flexibility index (Phi) is 9.34. The first-order chi connectivity index (χ1) is 7.93. The van der Waals surface area contributed by atoms with E-state index in [0.717, 1.165) is 25.4 Å². The molecule has 1 aliphatic rings. The average Bonchev–Trinajstić information content (AvgIpc) is 2.34. The van der Waals surface area contributed by atoms with Gasteiger partial charge in [0.1, 0.15) is 0 Å². The molecule has 0 N–H and O–H groups in total. The number of rotatable bonds is 9. The molecule has 1 rings (SSSR count). The number of ether oxygens (including phenoxy) is 2. The summed E-state index contributed by atoms with van der Waals surface area (Å²) in [7, 11) is 0. The summed E-state index contributed by atoms with van der Waals surface area (Å²) in [5.74, 6) is 1.03. The van der Waals surface area contributed by atoms with Gasteiger partial charge in [-0.05, 0) is 37.9 Å².